The van der Waals surface area contributed by atoms with E-state index in [1.807, 2.05) is 11.0 Å². The molecule has 2 fully saturated rings. The second-order valence-corrected chi connectivity index (χ2v) is 6.82. The van der Waals surface area contributed by atoms with Gasteiger partial charge in [0, 0.05) is 44.5 Å². The molecule has 0 saturated carbocycles. The van der Waals surface area contributed by atoms with Crippen LogP contribution in [0.1, 0.15) is 10.5 Å². The number of hydrogen-bond acceptors (Lipinski definition) is 4. The number of pyridine rings is 1. The molecule has 0 unspecified atom stereocenters. The zero-order valence-electron chi connectivity index (χ0n) is 13.0. The van der Waals surface area contributed by atoms with E-state index in [2.05, 4.69) is 16.9 Å². The molecule has 0 bridgehead atoms. The predicted molar refractivity (Wildman–Crippen MR) is 86.8 cm³/mol. The minimum atomic E-state index is -0.0378. The van der Waals surface area contributed by atoms with E-state index in [-0.39, 0.29) is 12.0 Å². The molecule has 2 atom stereocenters. The highest BCUT2D eigenvalue weighted by Gasteiger charge is 2.38. The summed E-state index contributed by atoms with van der Waals surface area (Å²) in [6, 6.07) is 3.58. The number of hydrogen-bond donors (Lipinski definition) is 0. The summed E-state index contributed by atoms with van der Waals surface area (Å²) < 4.78 is 7.70. The molecule has 122 valence electrons. The number of rotatable bonds is 1. The number of likely N-dealkylation sites (tertiary alicyclic amines) is 1. The summed E-state index contributed by atoms with van der Waals surface area (Å²) in [5, 5.41) is 0.619. The second kappa shape index (κ2) is 5.78. The van der Waals surface area contributed by atoms with Crippen molar-refractivity contribution < 1.29 is 9.53 Å². The first-order valence-electron chi connectivity index (χ1n) is 7.84. The lowest BCUT2D eigenvalue weighted by Crippen LogP contribution is -2.32. The van der Waals surface area contributed by atoms with Crippen LogP contribution in [0.25, 0.3) is 5.65 Å². The van der Waals surface area contributed by atoms with Crippen molar-refractivity contribution in [3.05, 3.63) is 35.2 Å². The normalized spacial score (nSPS) is 25.6. The van der Waals surface area contributed by atoms with E-state index in [0.29, 0.717) is 23.2 Å². The Morgan fingerprint density at radius 1 is 1.30 bits per heavy atom. The molecule has 7 heteroatoms. The first-order valence-corrected chi connectivity index (χ1v) is 8.21. The number of amides is 1. The maximum absolute atomic E-state index is 12.8. The standard InChI is InChI=1S/C16H19ClN4O2/c1-19-4-5-23-14-10-21(7-11(14)6-19)16(22)13-9-20-8-12(17)2-3-15(20)18-13/h2-3,8-9,11,14H,4-7,10H2,1H3/t11-,14+/m1/s1. The van der Waals surface area contributed by atoms with Crippen LogP contribution in [0.2, 0.25) is 5.02 Å². The Labute approximate surface area is 139 Å². The van der Waals surface area contributed by atoms with Crippen LogP contribution in [0.4, 0.5) is 0 Å². The molecule has 2 aliphatic rings. The van der Waals surface area contributed by atoms with Crippen LogP contribution < -0.4 is 0 Å². The number of fused-ring (bicyclic) bond motifs is 2. The molecule has 0 aromatic carbocycles. The summed E-state index contributed by atoms with van der Waals surface area (Å²) in [5.74, 6) is 0.335. The van der Waals surface area contributed by atoms with Gasteiger partial charge in [0.2, 0.25) is 0 Å². The Kier molecular flexibility index (Phi) is 3.75. The number of carbonyl (C=O) groups excluding carboxylic acids is 1. The lowest BCUT2D eigenvalue weighted by atomic mass is 10.1. The summed E-state index contributed by atoms with van der Waals surface area (Å²) in [6.45, 7) is 4.02. The van der Waals surface area contributed by atoms with Crippen LogP contribution in [0.5, 0.6) is 0 Å². The van der Waals surface area contributed by atoms with Gasteiger partial charge in [0.25, 0.3) is 5.91 Å². The van der Waals surface area contributed by atoms with Crippen LogP contribution in [0, 0.1) is 5.92 Å². The first kappa shape index (κ1) is 14.9. The first-order chi connectivity index (χ1) is 11.1. The van der Waals surface area contributed by atoms with Crippen molar-refractivity contribution in [3.63, 3.8) is 0 Å². The van der Waals surface area contributed by atoms with Crippen molar-refractivity contribution in [2.24, 2.45) is 5.92 Å². The van der Waals surface area contributed by atoms with Crippen molar-refractivity contribution in [2.45, 2.75) is 6.10 Å². The molecule has 23 heavy (non-hydrogen) atoms. The van der Waals surface area contributed by atoms with E-state index in [0.717, 1.165) is 31.9 Å². The lowest BCUT2D eigenvalue weighted by Gasteiger charge is -2.18. The van der Waals surface area contributed by atoms with Gasteiger partial charge in [-0.25, -0.2) is 4.98 Å². The van der Waals surface area contributed by atoms with Gasteiger partial charge in [0.05, 0.1) is 17.7 Å². The van der Waals surface area contributed by atoms with Crippen LogP contribution in [0.15, 0.2) is 24.5 Å². The van der Waals surface area contributed by atoms with Gasteiger partial charge in [-0.15, -0.1) is 0 Å². The van der Waals surface area contributed by atoms with Crippen LogP contribution in [-0.4, -0.2) is 71.0 Å². The third kappa shape index (κ3) is 2.82. The molecule has 0 radical (unpaired) electrons. The minimum Gasteiger partial charge on any atom is -0.375 e. The average Bonchev–Trinajstić information content (AvgIpc) is 3.06. The van der Waals surface area contributed by atoms with Crippen molar-refractivity contribution in [3.8, 4) is 0 Å². The summed E-state index contributed by atoms with van der Waals surface area (Å²) in [5.41, 5.74) is 1.18. The third-order valence-electron chi connectivity index (χ3n) is 4.65. The molecule has 2 aromatic rings. The molecule has 4 rings (SSSR count). The Bertz CT molecular complexity index is 747. The fourth-order valence-electron chi connectivity index (χ4n) is 3.45. The Morgan fingerprint density at radius 2 is 2.17 bits per heavy atom. The quantitative estimate of drug-likeness (QED) is 0.791. The van der Waals surface area contributed by atoms with Crippen molar-refractivity contribution in [1.82, 2.24) is 19.2 Å². The zero-order chi connectivity index (χ0) is 16.0. The smallest absolute Gasteiger partial charge is 0.274 e. The number of imidazole rings is 1. The Hall–Kier alpha value is -1.63. The topological polar surface area (TPSA) is 50.1 Å². The molecular weight excluding hydrogens is 316 g/mol. The summed E-state index contributed by atoms with van der Waals surface area (Å²) in [7, 11) is 2.10. The molecule has 0 aliphatic carbocycles. The van der Waals surface area contributed by atoms with Gasteiger partial charge in [-0.3, -0.25) is 4.79 Å². The van der Waals surface area contributed by atoms with Crippen LogP contribution in [-0.2, 0) is 4.74 Å². The molecule has 2 saturated heterocycles. The number of halogens is 1. The van der Waals surface area contributed by atoms with Gasteiger partial charge < -0.3 is 18.9 Å². The number of nitrogens with zero attached hydrogens (tertiary/aromatic N) is 4. The van der Waals surface area contributed by atoms with Crippen LogP contribution >= 0.6 is 11.6 Å². The van der Waals surface area contributed by atoms with Gasteiger partial charge >= 0.3 is 0 Å². The number of ether oxygens (including phenoxy) is 1. The van der Waals surface area contributed by atoms with E-state index in [4.69, 9.17) is 16.3 Å². The maximum atomic E-state index is 12.8. The number of likely N-dealkylation sites (N-methyl/N-ethyl adjacent to an activating group) is 1. The summed E-state index contributed by atoms with van der Waals surface area (Å²) in [6.07, 6.45) is 3.63. The molecule has 1 amide bonds. The second-order valence-electron chi connectivity index (χ2n) is 6.38. The summed E-state index contributed by atoms with van der Waals surface area (Å²) >= 11 is 5.98. The molecular formula is C16H19ClN4O2. The average molecular weight is 335 g/mol. The third-order valence-corrected chi connectivity index (χ3v) is 4.88. The van der Waals surface area contributed by atoms with E-state index in [9.17, 15) is 4.79 Å². The van der Waals surface area contributed by atoms with E-state index in [1.54, 1.807) is 22.9 Å². The highest BCUT2D eigenvalue weighted by Crippen LogP contribution is 2.24. The van der Waals surface area contributed by atoms with Gasteiger partial charge in [0.15, 0.2) is 0 Å². The molecule has 6 nitrogen and oxygen atoms in total. The Morgan fingerprint density at radius 3 is 3.04 bits per heavy atom. The minimum absolute atomic E-state index is 0.0378. The van der Waals surface area contributed by atoms with Gasteiger partial charge in [-0.1, -0.05) is 11.6 Å². The largest absolute Gasteiger partial charge is 0.375 e. The monoisotopic (exact) mass is 334 g/mol. The highest BCUT2D eigenvalue weighted by molar-refractivity contribution is 6.30. The molecule has 0 spiro atoms. The molecule has 0 N–H and O–H groups in total. The van der Waals surface area contributed by atoms with E-state index >= 15 is 0 Å². The predicted octanol–water partition coefficient (Wildman–Crippen LogP) is 1.39. The lowest BCUT2D eigenvalue weighted by molar-refractivity contribution is 0.0486. The van der Waals surface area contributed by atoms with Gasteiger partial charge in [0.1, 0.15) is 11.3 Å². The SMILES string of the molecule is CN1CCO[C@H]2CN(C(=O)c3cn4cc(Cl)ccc4n3)C[C@H]2C1. The van der Waals surface area contributed by atoms with Crippen molar-refractivity contribution >= 4 is 23.2 Å². The maximum Gasteiger partial charge on any atom is 0.274 e. The van der Waals surface area contributed by atoms with Crippen molar-refractivity contribution in [1.29, 1.82) is 0 Å². The number of aromatic nitrogens is 2. The molecule has 4 heterocycles. The van der Waals surface area contributed by atoms with Crippen LogP contribution in [0.3, 0.4) is 0 Å². The van der Waals surface area contributed by atoms with E-state index in [1.165, 1.54) is 0 Å². The Balaban J connectivity index is 1.54. The zero-order valence-corrected chi connectivity index (χ0v) is 13.7. The van der Waals surface area contributed by atoms with E-state index < -0.39 is 0 Å². The molecule has 2 aromatic heterocycles. The van der Waals surface area contributed by atoms with Gasteiger partial charge in [-0.05, 0) is 19.2 Å². The summed E-state index contributed by atoms with van der Waals surface area (Å²) in [4.78, 5) is 21.3. The number of carbonyl (C=O) groups is 1. The highest BCUT2D eigenvalue weighted by atomic mass is 35.5. The fraction of sp³-hybridized carbons (Fsp3) is 0.500. The van der Waals surface area contributed by atoms with Gasteiger partial charge in [-0.2, -0.15) is 0 Å². The van der Waals surface area contributed by atoms with Crippen molar-refractivity contribution in [2.75, 3.05) is 39.8 Å². The molecule has 2 aliphatic heterocycles. The fourth-order valence-corrected chi connectivity index (χ4v) is 3.62.